The summed E-state index contributed by atoms with van der Waals surface area (Å²) in [6.07, 6.45) is 4.23. The van der Waals surface area contributed by atoms with E-state index in [0.29, 0.717) is 23.8 Å². The fourth-order valence-corrected chi connectivity index (χ4v) is 2.71. The molecule has 1 fully saturated rings. The molecule has 1 aromatic rings. The van der Waals surface area contributed by atoms with E-state index in [9.17, 15) is 9.59 Å². The summed E-state index contributed by atoms with van der Waals surface area (Å²) in [6, 6.07) is 0. The van der Waals surface area contributed by atoms with Crippen LogP contribution >= 0.6 is 11.5 Å². The monoisotopic (exact) mass is 269 g/mol. The number of aromatic nitrogens is 2. The van der Waals surface area contributed by atoms with Gasteiger partial charge in [-0.25, -0.2) is 0 Å². The molecule has 1 atom stereocenters. The summed E-state index contributed by atoms with van der Waals surface area (Å²) in [4.78, 5) is 25.0. The van der Waals surface area contributed by atoms with E-state index in [1.165, 1.54) is 6.20 Å². The quantitative estimate of drug-likeness (QED) is 0.889. The number of carboxylic acid groups (broad SMARTS) is 1. The van der Waals surface area contributed by atoms with Crippen molar-refractivity contribution >= 4 is 23.4 Å². The fraction of sp³-hybridized carbons (Fsp3) is 0.636. The molecule has 0 spiro atoms. The Bertz CT molecular complexity index is 421. The zero-order valence-corrected chi connectivity index (χ0v) is 10.7. The molecule has 0 aliphatic carbocycles. The van der Waals surface area contributed by atoms with Crippen LogP contribution < -0.4 is 0 Å². The van der Waals surface area contributed by atoms with Crippen molar-refractivity contribution in [3.8, 4) is 0 Å². The molecule has 6 nitrogen and oxygen atoms in total. The van der Waals surface area contributed by atoms with Gasteiger partial charge in [-0.1, -0.05) is 4.49 Å². The first kappa shape index (κ1) is 12.9. The fourth-order valence-electron chi connectivity index (χ4n) is 2.23. The molecule has 98 valence electrons. The largest absolute Gasteiger partial charge is 0.481 e. The summed E-state index contributed by atoms with van der Waals surface area (Å²) in [6.45, 7) is 1.38. The van der Waals surface area contributed by atoms with Gasteiger partial charge in [0.1, 0.15) is 4.88 Å². The van der Waals surface area contributed by atoms with Crippen molar-refractivity contribution in [1.29, 1.82) is 0 Å². The zero-order chi connectivity index (χ0) is 13.0. The topological polar surface area (TPSA) is 83.4 Å². The molecule has 0 radical (unpaired) electrons. The first-order valence-electron chi connectivity index (χ1n) is 5.95. The van der Waals surface area contributed by atoms with Crippen LogP contribution in [0.15, 0.2) is 6.20 Å². The van der Waals surface area contributed by atoms with Gasteiger partial charge in [-0.3, -0.25) is 9.59 Å². The molecule has 1 N–H and O–H groups in total. The molecular formula is C11H15N3O3S. The van der Waals surface area contributed by atoms with Crippen molar-refractivity contribution in [2.24, 2.45) is 5.92 Å². The number of piperidine rings is 1. The number of carbonyl (C=O) groups excluding carboxylic acids is 1. The lowest BCUT2D eigenvalue weighted by Gasteiger charge is -2.32. The Balaban J connectivity index is 1.90. The van der Waals surface area contributed by atoms with Gasteiger partial charge in [0.25, 0.3) is 5.91 Å². The summed E-state index contributed by atoms with van der Waals surface area (Å²) in [5.41, 5.74) is 0. The molecule has 0 saturated carbocycles. The second-order valence-electron chi connectivity index (χ2n) is 4.47. The molecule has 1 saturated heterocycles. The third-order valence-electron chi connectivity index (χ3n) is 3.14. The Morgan fingerprint density at radius 3 is 3.06 bits per heavy atom. The number of hydrogen-bond acceptors (Lipinski definition) is 5. The standard InChI is InChI=1S/C11H15N3O3S/c15-10(16)4-3-8-2-1-5-14(7-8)11(17)9-6-12-13-18-9/h6,8H,1-5,7H2,(H,15,16). The molecule has 0 aromatic carbocycles. The Morgan fingerprint density at radius 1 is 1.56 bits per heavy atom. The lowest BCUT2D eigenvalue weighted by atomic mass is 9.93. The molecule has 1 aliphatic rings. The van der Waals surface area contributed by atoms with Crippen LogP contribution in [0, 0.1) is 5.92 Å². The third kappa shape index (κ3) is 3.25. The highest BCUT2D eigenvalue weighted by Crippen LogP contribution is 2.22. The van der Waals surface area contributed by atoms with Gasteiger partial charge in [0.15, 0.2) is 0 Å². The predicted molar refractivity (Wildman–Crippen MR) is 65.4 cm³/mol. The second-order valence-corrected chi connectivity index (χ2v) is 5.26. The Hall–Kier alpha value is -1.50. The second kappa shape index (κ2) is 5.90. The minimum absolute atomic E-state index is 0.0370. The maximum absolute atomic E-state index is 12.1. The van der Waals surface area contributed by atoms with Crippen molar-refractivity contribution in [1.82, 2.24) is 14.5 Å². The number of likely N-dealkylation sites (tertiary alicyclic amines) is 1. The normalized spacial score (nSPS) is 19.8. The number of nitrogens with zero attached hydrogens (tertiary/aromatic N) is 3. The smallest absolute Gasteiger partial charge is 0.303 e. The number of carboxylic acids is 1. The van der Waals surface area contributed by atoms with Gasteiger partial charge in [0.05, 0.1) is 6.20 Å². The van der Waals surface area contributed by atoms with E-state index < -0.39 is 5.97 Å². The van der Waals surface area contributed by atoms with Crippen LogP contribution in [0.3, 0.4) is 0 Å². The van der Waals surface area contributed by atoms with E-state index in [1.807, 2.05) is 0 Å². The number of amides is 1. The molecule has 1 aliphatic heterocycles. The van der Waals surface area contributed by atoms with Gasteiger partial charge in [-0.15, -0.1) is 5.10 Å². The first-order valence-corrected chi connectivity index (χ1v) is 6.72. The van der Waals surface area contributed by atoms with Gasteiger partial charge in [-0.05, 0) is 36.7 Å². The minimum atomic E-state index is -0.773. The molecule has 2 rings (SSSR count). The lowest BCUT2D eigenvalue weighted by Crippen LogP contribution is -2.39. The van der Waals surface area contributed by atoms with E-state index >= 15 is 0 Å². The Labute approximate surface area is 109 Å². The van der Waals surface area contributed by atoms with Crippen molar-refractivity contribution < 1.29 is 14.7 Å². The zero-order valence-electron chi connectivity index (χ0n) is 9.91. The van der Waals surface area contributed by atoms with Crippen LogP contribution in [-0.4, -0.2) is 44.6 Å². The molecule has 1 unspecified atom stereocenters. The lowest BCUT2D eigenvalue weighted by molar-refractivity contribution is -0.137. The molecule has 7 heteroatoms. The van der Waals surface area contributed by atoms with Crippen molar-refractivity contribution in [3.63, 3.8) is 0 Å². The molecule has 1 aromatic heterocycles. The van der Waals surface area contributed by atoms with Crippen molar-refractivity contribution in [2.45, 2.75) is 25.7 Å². The van der Waals surface area contributed by atoms with E-state index in [0.717, 1.165) is 30.9 Å². The van der Waals surface area contributed by atoms with Crippen LogP contribution in [-0.2, 0) is 4.79 Å². The van der Waals surface area contributed by atoms with E-state index in [4.69, 9.17) is 5.11 Å². The summed E-state index contributed by atoms with van der Waals surface area (Å²) in [5, 5.41) is 12.3. The van der Waals surface area contributed by atoms with Crippen LogP contribution in [0.25, 0.3) is 0 Å². The van der Waals surface area contributed by atoms with Gasteiger partial charge in [0.2, 0.25) is 0 Å². The first-order chi connectivity index (χ1) is 8.66. The average Bonchev–Trinajstić information content (AvgIpc) is 2.89. The Kier molecular flexibility index (Phi) is 4.24. The summed E-state index contributed by atoms with van der Waals surface area (Å²) >= 11 is 1.10. The van der Waals surface area contributed by atoms with Gasteiger partial charge < -0.3 is 10.0 Å². The van der Waals surface area contributed by atoms with Crippen LogP contribution in [0.1, 0.15) is 35.4 Å². The minimum Gasteiger partial charge on any atom is -0.481 e. The van der Waals surface area contributed by atoms with Crippen LogP contribution in [0.4, 0.5) is 0 Å². The molecule has 18 heavy (non-hydrogen) atoms. The highest BCUT2D eigenvalue weighted by molar-refractivity contribution is 7.07. The number of hydrogen-bond donors (Lipinski definition) is 1. The van der Waals surface area contributed by atoms with Gasteiger partial charge >= 0.3 is 5.97 Å². The molecule has 0 bridgehead atoms. The van der Waals surface area contributed by atoms with E-state index in [2.05, 4.69) is 9.59 Å². The van der Waals surface area contributed by atoms with Crippen LogP contribution in [0.2, 0.25) is 0 Å². The summed E-state index contributed by atoms with van der Waals surface area (Å²) < 4.78 is 3.68. The SMILES string of the molecule is O=C(O)CCC1CCCN(C(=O)c2cnns2)C1. The highest BCUT2D eigenvalue weighted by Gasteiger charge is 2.25. The number of carbonyl (C=O) groups is 2. The van der Waals surface area contributed by atoms with E-state index in [1.54, 1.807) is 4.90 Å². The highest BCUT2D eigenvalue weighted by atomic mass is 32.1. The summed E-state index contributed by atoms with van der Waals surface area (Å²) in [7, 11) is 0. The van der Waals surface area contributed by atoms with Crippen molar-refractivity contribution in [2.75, 3.05) is 13.1 Å². The summed E-state index contributed by atoms with van der Waals surface area (Å²) in [5.74, 6) is -0.519. The maximum atomic E-state index is 12.1. The van der Waals surface area contributed by atoms with Gasteiger partial charge in [0, 0.05) is 19.5 Å². The third-order valence-corrected chi connectivity index (χ3v) is 3.80. The predicted octanol–water partition coefficient (Wildman–Crippen LogP) is 1.26. The number of aliphatic carboxylic acids is 1. The van der Waals surface area contributed by atoms with Crippen molar-refractivity contribution in [3.05, 3.63) is 11.1 Å². The van der Waals surface area contributed by atoms with E-state index in [-0.39, 0.29) is 12.3 Å². The molecule has 2 heterocycles. The van der Waals surface area contributed by atoms with Crippen LogP contribution in [0.5, 0.6) is 0 Å². The maximum Gasteiger partial charge on any atom is 0.303 e. The average molecular weight is 269 g/mol. The van der Waals surface area contributed by atoms with Gasteiger partial charge in [-0.2, -0.15) is 0 Å². The Morgan fingerprint density at radius 2 is 2.39 bits per heavy atom. The number of rotatable bonds is 4. The molecular weight excluding hydrogens is 254 g/mol. The molecule has 1 amide bonds.